The molecule has 2 aromatic carbocycles. The predicted octanol–water partition coefficient (Wildman–Crippen LogP) is 2.66. The molecule has 2 rings (SSSR count). The zero-order valence-electron chi connectivity index (χ0n) is 11.6. The number of amides is 1. The lowest BCUT2D eigenvalue weighted by molar-refractivity contribution is 0.0946. The van der Waals surface area contributed by atoms with Crippen molar-refractivity contribution < 1.29 is 13.6 Å². The summed E-state index contributed by atoms with van der Waals surface area (Å²) in [6, 6.07) is 8.92. The van der Waals surface area contributed by atoms with E-state index in [1.807, 2.05) is 0 Å². The van der Waals surface area contributed by atoms with Gasteiger partial charge in [-0.3, -0.25) is 4.79 Å². The molecule has 0 heterocycles. The number of hydrogen-bond donors (Lipinski definition) is 2. The van der Waals surface area contributed by atoms with E-state index < -0.39 is 17.5 Å². The molecule has 0 fully saturated rings. The van der Waals surface area contributed by atoms with E-state index in [0.717, 1.165) is 5.56 Å². The molecule has 0 spiro atoms. The highest BCUT2D eigenvalue weighted by Crippen LogP contribution is 2.12. The Kier molecular flexibility index (Phi) is 4.65. The van der Waals surface area contributed by atoms with E-state index in [0.29, 0.717) is 11.1 Å². The smallest absolute Gasteiger partial charge is 0.254 e. The van der Waals surface area contributed by atoms with Gasteiger partial charge in [0, 0.05) is 18.7 Å². The van der Waals surface area contributed by atoms with Crippen LogP contribution in [0.1, 0.15) is 27.0 Å². The van der Waals surface area contributed by atoms with E-state index in [4.69, 9.17) is 5.73 Å². The standard InChI is InChI=1S/C16H16F2N2O/c1-10-2-5-13(15(18)6-10)16(21)20-9-12-4-3-11(8-19)7-14(12)17/h2-7H,8-9,19H2,1H3,(H,20,21). The van der Waals surface area contributed by atoms with E-state index >= 15 is 0 Å². The van der Waals surface area contributed by atoms with Gasteiger partial charge in [-0.2, -0.15) is 0 Å². The Balaban J connectivity index is 2.07. The minimum atomic E-state index is -0.591. The second kappa shape index (κ2) is 6.45. The Morgan fingerprint density at radius 1 is 1.14 bits per heavy atom. The molecule has 0 saturated carbocycles. The van der Waals surface area contributed by atoms with Crippen molar-refractivity contribution in [2.75, 3.05) is 0 Å². The van der Waals surface area contributed by atoms with Gasteiger partial charge in [0.1, 0.15) is 11.6 Å². The van der Waals surface area contributed by atoms with Crippen molar-refractivity contribution in [3.8, 4) is 0 Å². The second-order valence-electron chi connectivity index (χ2n) is 4.80. The fourth-order valence-corrected chi connectivity index (χ4v) is 1.94. The third-order valence-electron chi connectivity index (χ3n) is 3.16. The quantitative estimate of drug-likeness (QED) is 0.909. The molecule has 2 aromatic rings. The van der Waals surface area contributed by atoms with Gasteiger partial charge in [0.15, 0.2) is 0 Å². The normalized spacial score (nSPS) is 10.5. The Bertz CT molecular complexity index is 671. The average Bonchev–Trinajstić information content (AvgIpc) is 2.45. The number of aryl methyl sites for hydroxylation is 1. The summed E-state index contributed by atoms with van der Waals surface area (Å²) in [6.45, 7) is 1.97. The van der Waals surface area contributed by atoms with Crippen molar-refractivity contribution in [2.45, 2.75) is 20.0 Å². The number of rotatable bonds is 4. The van der Waals surface area contributed by atoms with E-state index in [-0.39, 0.29) is 18.7 Å². The monoisotopic (exact) mass is 290 g/mol. The summed E-state index contributed by atoms with van der Waals surface area (Å²) in [5.41, 5.74) is 7.09. The van der Waals surface area contributed by atoms with Gasteiger partial charge in [-0.05, 0) is 36.2 Å². The lowest BCUT2D eigenvalue weighted by Gasteiger charge is -2.08. The molecule has 0 bridgehead atoms. The van der Waals surface area contributed by atoms with Crippen LogP contribution in [-0.4, -0.2) is 5.91 Å². The summed E-state index contributed by atoms with van der Waals surface area (Å²) in [6.07, 6.45) is 0. The summed E-state index contributed by atoms with van der Waals surface area (Å²) < 4.78 is 27.4. The van der Waals surface area contributed by atoms with Crippen molar-refractivity contribution in [1.82, 2.24) is 5.32 Å². The van der Waals surface area contributed by atoms with Crippen molar-refractivity contribution in [3.05, 3.63) is 70.3 Å². The van der Waals surface area contributed by atoms with Crippen LogP contribution in [-0.2, 0) is 13.1 Å². The first-order valence-corrected chi connectivity index (χ1v) is 6.53. The van der Waals surface area contributed by atoms with Crippen LogP contribution in [0, 0.1) is 18.6 Å². The number of benzene rings is 2. The number of carbonyl (C=O) groups excluding carboxylic acids is 1. The van der Waals surface area contributed by atoms with Crippen LogP contribution in [0.3, 0.4) is 0 Å². The van der Waals surface area contributed by atoms with Crippen LogP contribution < -0.4 is 11.1 Å². The molecule has 0 aliphatic carbocycles. The van der Waals surface area contributed by atoms with Gasteiger partial charge in [0.05, 0.1) is 5.56 Å². The molecule has 0 aliphatic heterocycles. The summed E-state index contributed by atoms with van der Waals surface area (Å²) >= 11 is 0. The van der Waals surface area contributed by atoms with Gasteiger partial charge in [-0.25, -0.2) is 8.78 Å². The first kappa shape index (κ1) is 15.1. The highest BCUT2D eigenvalue weighted by molar-refractivity contribution is 5.94. The van der Waals surface area contributed by atoms with Gasteiger partial charge in [-0.1, -0.05) is 18.2 Å². The SMILES string of the molecule is Cc1ccc(C(=O)NCc2ccc(CN)cc2F)c(F)c1. The largest absolute Gasteiger partial charge is 0.348 e. The van der Waals surface area contributed by atoms with Crippen molar-refractivity contribution >= 4 is 5.91 Å². The van der Waals surface area contributed by atoms with Crippen molar-refractivity contribution in [1.29, 1.82) is 0 Å². The van der Waals surface area contributed by atoms with Gasteiger partial charge in [0.25, 0.3) is 5.91 Å². The summed E-state index contributed by atoms with van der Waals surface area (Å²) in [7, 11) is 0. The molecule has 0 radical (unpaired) electrons. The van der Waals surface area contributed by atoms with Crippen LogP contribution in [0.15, 0.2) is 36.4 Å². The van der Waals surface area contributed by atoms with Crippen LogP contribution >= 0.6 is 0 Å². The average molecular weight is 290 g/mol. The predicted molar refractivity (Wildman–Crippen MR) is 76.6 cm³/mol. The Morgan fingerprint density at radius 2 is 1.90 bits per heavy atom. The maximum absolute atomic E-state index is 13.7. The molecule has 0 atom stereocenters. The first-order valence-electron chi connectivity index (χ1n) is 6.53. The third kappa shape index (κ3) is 3.64. The lowest BCUT2D eigenvalue weighted by atomic mass is 10.1. The molecule has 21 heavy (non-hydrogen) atoms. The number of hydrogen-bond acceptors (Lipinski definition) is 2. The molecule has 1 amide bonds. The molecule has 110 valence electrons. The van der Waals surface area contributed by atoms with Crippen molar-refractivity contribution in [3.63, 3.8) is 0 Å². The van der Waals surface area contributed by atoms with E-state index in [2.05, 4.69) is 5.32 Å². The molecule has 0 aromatic heterocycles. The minimum Gasteiger partial charge on any atom is -0.348 e. The Morgan fingerprint density at radius 3 is 2.52 bits per heavy atom. The lowest BCUT2D eigenvalue weighted by Crippen LogP contribution is -2.24. The number of nitrogens with two attached hydrogens (primary N) is 1. The second-order valence-corrected chi connectivity index (χ2v) is 4.80. The summed E-state index contributed by atoms with van der Waals surface area (Å²) in [4.78, 5) is 11.9. The highest BCUT2D eigenvalue weighted by atomic mass is 19.1. The fourth-order valence-electron chi connectivity index (χ4n) is 1.94. The van der Waals surface area contributed by atoms with Crippen LogP contribution in [0.4, 0.5) is 8.78 Å². The summed E-state index contributed by atoms with van der Waals surface area (Å²) in [5, 5.41) is 2.50. The molecular weight excluding hydrogens is 274 g/mol. The van der Waals surface area contributed by atoms with Crippen LogP contribution in [0.5, 0.6) is 0 Å². The van der Waals surface area contributed by atoms with E-state index in [1.165, 1.54) is 18.2 Å². The Labute approximate surface area is 121 Å². The molecule has 3 nitrogen and oxygen atoms in total. The number of halogens is 2. The molecule has 0 saturated heterocycles. The topological polar surface area (TPSA) is 55.1 Å². The highest BCUT2D eigenvalue weighted by Gasteiger charge is 2.12. The molecular formula is C16H16F2N2O. The molecule has 0 unspecified atom stereocenters. The molecule has 0 aliphatic rings. The van der Waals surface area contributed by atoms with Gasteiger partial charge < -0.3 is 11.1 Å². The van der Waals surface area contributed by atoms with E-state index in [1.54, 1.807) is 25.1 Å². The maximum Gasteiger partial charge on any atom is 0.254 e. The fraction of sp³-hybridized carbons (Fsp3) is 0.188. The van der Waals surface area contributed by atoms with Crippen LogP contribution in [0.2, 0.25) is 0 Å². The van der Waals surface area contributed by atoms with Gasteiger partial charge in [-0.15, -0.1) is 0 Å². The first-order chi connectivity index (χ1) is 10.0. The van der Waals surface area contributed by atoms with Crippen molar-refractivity contribution in [2.24, 2.45) is 5.73 Å². The number of carbonyl (C=O) groups is 1. The maximum atomic E-state index is 13.7. The minimum absolute atomic E-state index is 0.0111. The number of nitrogens with one attached hydrogen (secondary N) is 1. The third-order valence-corrected chi connectivity index (χ3v) is 3.16. The van der Waals surface area contributed by atoms with Gasteiger partial charge in [0.2, 0.25) is 0 Å². The van der Waals surface area contributed by atoms with Gasteiger partial charge >= 0.3 is 0 Å². The molecule has 3 N–H and O–H groups in total. The Hall–Kier alpha value is -2.27. The van der Waals surface area contributed by atoms with E-state index in [9.17, 15) is 13.6 Å². The zero-order chi connectivity index (χ0) is 15.4. The zero-order valence-corrected chi connectivity index (χ0v) is 11.6. The summed E-state index contributed by atoms with van der Waals surface area (Å²) in [5.74, 6) is -1.61. The molecule has 5 heteroatoms. The van der Waals surface area contributed by atoms with Crippen LogP contribution in [0.25, 0.3) is 0 Å².